The van der Waals surface area contributed by atoms with Crippen LogP contribution in [0, 0.1) is 6.92 Å². The summed E-state index contributed by atoms with van der Waals surface area (Å²) in [5, 5.41) is 9.83. The third kappa shape index (κ3) is 3.65. The van der Waals surface area contributed by atoms with Gasteiger partial charge in [0, 0.05) is 16.8 Å². The van der Waals surface area contributed by atoms with Crippen molar-refractivity contribution in [1.29, 1.82) is 0 Å². The molecular weight excluding hydrogens is 348 g/mol. The smallest absolute Gasteiger partial charge is 0.174 e. The van der Waals surface area contributed by atoms with E-state index in [4.69, 9.17) is 16.0 Å². The molecule has 0 unspecified atom stereocenters. The van der Waals surface area contributed by atoms with Crippen LogP contribution < -0.4 is 0 Å². The number of hydrogen-bond donors (Lipinski definition) is 2. The number of aryl methyl sites for hydroxylation is 1. The Kier molecular flexibility index (Phi) is 5.14. The highest BCUT2D eigenvalue weighted by Gasteiger charge is 2.14. The molecule has 3 rings (SSSR count). The summed E-state index contributed by atoms with van der Waals surface area (Å²) in [5.74, 6) is 1.80. The molecule has 0 amide bonds. The second-order valence-electron chi connectivity index (χ2n) is 5.78. The minimum atomic E-state index is -0.00578. The molecule has 0 saturated carbocycles. The first-order valence-corrected chi connectivity index (χ1v) is 8.51. The van der Waals surface area contributed by atoms with Crippen LogP contribution in [0.15, 0.2) is 76.4 Å². The summed E-state index contributed by atoms with van der Waals surface area (Å²) in [4.78, 5) is 7.91. The summed E-state index contributed by atoms with van der Waals surface area (Å²) >= 11 is 6.01. The standard InChI is InChI=1S/C21H19ClN2O2/c1-4-17(25)16(22)12-13(2)18-10-11-19(26-18)21-23-14(3)20(24-21)15-8-6-5-7-9-15/h4-12,25H,2H2,1,3H3,(H,23,24)/b16-12+,17-4+. The van der Waals surface area contributed by atoms with Crippen LogP contribution in [0.5, 0.6) is 0 Å². The fourth-order valence-corrected chi connectivity index (χ4v) is 2.77. The molecule has 0 radical (unpaired) electrons. The third-order valence-electron chi connectivity index (χ3n) is 3.91. The van der Waals surface area contributed by atoms with Gasteiger partial charge in [-0.15, -0.1) is 0 Å². The number of aromatic amines is 1. The Morgan fingerprint density at radius 2 is 1.96 bits per heavy atom. The fraction of sp³-hybridized carbons (Fsp3) is 0.0952. The molecule has 132 valence electrons. The number of furan rings is 1. The van der Waals surface area contributed by atoms with Gasteiger partial charge in [-0.05, 0) is 38.1 Å². The van der Waals surface area contributed by atoms with E-state index in [-0.39, 0.29) is 10.8 Å². The van der Waals surface area contributed by atoms with Gasteiger partial charge in [-0.1, -0.05) is 48.5 Å². The number of rotatable bonds is 5. The predicted octanol–water partition coefficient (Wildman–Crippen LogP) is 6.24. The Morgan fingerprint density at radius 1 is 1.23 bits per heavy atom. The number of aliphatic hydroxyl groups excluding tert-OH is 1. The fourth-order valence-electron chi connectivity index (χ4n) is 2.53. The molecule has 0 spiro atoms. The van der Waals surface area contributed by atoms with Crippen molar-refractivity contribution in [3.05, 3.63) is 83.4 Å². The monoisotopic (exact) mass is 366 g/mol. The normalized spacial score (nSPS) is 12.4. The highest BCUT2D eigenvalue weighted by molar-refractivity contribution is 6.32. The van der Waals surface area contributed by atoms with E-state index in [1.807, 2.05) is 43.3 Å². The summed E-state index contributed by atoms with van der Waals surface area (Å²) in [5.41, 5.74) is 3.45. The second-order valence-corrected chi connectivity index (χ2v) is 6.19. The second kappa shape index (κ2) is 7.50. The number of hydrogen-bond acceptors (Lipinski definition) is 3. The van der Waals surface area contributed by atoms with E-state index in [2.05, 4.69) is 16.5 Å². The van der Waals surface area contributed by atoms with Gasteiger partial charge in [0.1, 0.15) is 11.5 Å². The van der Waals surface area contributed by atoms with Crippen LogP contribution in [0.4, 0.5) is 0 Å². The first-order chi connectivity index (χ1) is 12.5. The van der Waals surface area contributed by atoms with Crippen LogP contribution in [0.1, 0.15) is 18.4 Å². The van der Waals surface area contributed by atoms with Crippen LogP contribution in [0.3, 0.4) is 0 Å². The topological polar surface area (TPSA) is 62.1 Å². The van der Waals surface area contributed by atoms with E-state index in [0.717, 1.165) is 17.0 Å². The van der Waals surface area contributed by atoms with Gasteiger partial charge in [-0.25, -0.2) is 4.98 Å². The van der Waals surface area contributed by atoms with E-state index < -0.39 is 0 Å². The van der Waals surface area contributed by atoms with E-state index >= 15 is 0 Å². The number of benzene rings is 1. The summed E-state index contributed by atoms with van der Waals surface area (Å²) in [6, 6.07) is 13.6. The molecule has 1 aromatic carbocycles. The zero-order valence-corrected chi connectivity index (χ0v) is 15.3. The number of nitrogens with one attached hydrogen (secondary N) is 1. The van der Waals surface area contributed by atoms with E-state index in [9.17, 15) is 5.11 Å². The summed E-state index contributed by atoms with van der Waals surface area (Å²) in [6.07, 6.45) is 3.07. The Bertz CT molecular complexity index is 994. The molecule has 0 saturated heterocycles. The number of allylic oxidation sites excluding steroid dienone is 4. The van der Waals surface area contributed by atoms with Gasteiger partial charge in [0.05, 0.1) is 10.7 Å². The van der Waals surface area contributed by atoms with Crippen molar-refractivity contribution in [2.24, 2.45) is 0 Å². The van der Waals surface area contributed by atoms with E-state index in [1.165, 1.54) is 6.08 Å². The quantitative estimate of drug-likeness (QED) is 0.414. The maximum atomic E-state index is 9.62. The lowest BCUT2D eigenvalue weighted by molar-refractivity contribution is 0.428. The van der Waals surface area contributed by atoms with Gasteiger partial charge in [-0.2, -0.15) is 0 Å². The number of H-pyrrole nitrogens is 1. The molecule has 0 aliphatic rings. The van der Waals surface area contributed by atoms with Crippen molar-refractivity contribution in [2.45, 2.75) is 13.8 Å². The van der Waals surface area contributed by atoms with Crippen molar-refractivity contribution < 1.29 is 9.52 Å². The molecule has 0 fully saturated rings. The van der Waals surface area contributed by atoms with E-state index in [0.29, 0.717) is 22.9 Å². The number of aliphatic hydroxyl groups is 1. The van der Waals surface area contributed by atoms with Gasteiger partial charge in [0.15, 0.2) is 11.6 Å². The Balaban J connectivity index is 1.88. The van der Waals surface area contributed by atoms with Crippen LogP contribution in [-0.2, 0) is 0 Å². The maximum absolute atomic E-state index is 9.62. The summed E-state index contributed by atoms with van der Waals surface area (Å²) in [7, 11) is 0. The van der Waals surface area contributed by atoms with Crippen LogP contribution in [0.25, 0.3) is 28.4 Å². The first-order valence-electron chi connectivity index (χ1n) is 8.14. The Hall–Kier alpha value is -2.98. The zero-order valence-electron chi connectivity index (χ0n) is 14.6. The minimum Gasteiger partial charge on any atom is -0.507 e. The van der Waals surface area contributed by atoms with Crippen molar-refractivity contribution in [2.75, 3.05) is 0 Å². The number of halogens is 1. The van der Waals surface area contributed by atoms with Gasteiger partial charge < -0.3 is 14.5 Å². The van der Waals surface area contributed by atoms with Gasteiger partial charge >= 0.3 is 0 Å². The largest absolute Gasteiger partial charge is 0.507 e. The zero-order chi connectivity index (χ0) is 18.7. The first kappa shape index (κ1) is 17.8. The average Bonchev–Trinajstić information content (AvgIpc) is 3.28. The number of aromatic nitrogens is 2. The predicted molar refractivity (Wildman–Crippen MR) is 106 cm³/mol. The molecule has 2 N–H and O–H groups in total. The lowest BCUT2D eigenvalue weighted by Crippen LogP contribution is -1.82. The average molecular weight is 367 g/mol. The van der Waals surface area contributed by atoms with Gasteiger partial charge in [0.25, 0.3) is 0 Å². The molecule has 2 aromatic heterocycles. The van der Waals surface area contributed by atoms with Crippen LogP contribution in [-0.4, -0.2) is 15.1 Å². The minimum absolute atomic E-state index is 0.00578. The molecule has 0 aliphatic carbocycles. The van der Waals surface area contributed by atoms with Crippen molar-refractivity contribution >= 4 is 17.2 Å². The van der Waals surface area contributed by atoms with Gasteiger partial charge in [0.2, 0.25) is 0 Å². The molecular formula is C21H19ClN2O2. The lowest BCUT2D eigenvalue weighted by atomic mass is 10.1. The molecule has 0 aliphatic heterocycles. The Morgan fingerprint density at radius 3 is 2.65 bits per heavy atom. The molecule has 5 heteroatoms. The highest BCUT2D eigenvalue weighted by Crippen LogP contribution is 2.29. The molecule has 26 heavy (non-hydrogen) atoms. The Labute approximate surface area is 157 Å². The molecule has 3 aromatic rings. The molecule has 0 atom stereocenters. The van der Waals surface area contributed by atoms with Crippen LogP contribution in [0.2, 0.25) is 0 Å². The van der Waals surface area contributed by atoms with Crippen molar-refractivity contribution in [3.63, 3.8) is 0 Å². The highest BCUT2D eigenvalue weighted by atomic mass is 35.5. The summed E-state index contributed by atoms with van der Waals surface area (Å²) in [6.45, 7) is 7.61. The van der Waals surface area contributed by atoms with Gasteiger partial charge in [-0.3, -0.25) is 0 Å². The van der Waals surface area contributed by atoms with Crippen molar-refractivity contribution in [3.8, 4) is 22.8 Å². The number of nitrogens with zero attached hydrogens (tertiary/aromatic N) is 1. The lowest BCUT2D eigenvalue weighted by Gasteiger charge is -1.99. The molecule has 0 bridgehead atoms. The maximum Gasteiger partial charge on any atom is 0.174 e. The van der Waals surface area contributed by atoms with Crippen LogP contribution >= 0.6 is 11.6 Å². The van der Waals surface area contributed by atoms with E-state index in [1.54, 1.807) is 19.1 Å². The molecule has 4 nitrogen and oxygen atoms in total. The molecule has 2 heterocycles. The summed E-state index contributed by atoms with van der Waals surface area (Å²) < 4.78 is 5.85. The third-order valence-corrected chi connectivity index (χ3v) is 4.21. The number of imidazole rings is 1. The van der Waals surface area contributed by atoms with Crippen molar-refractivity contribution in [1.82, 2.24) is 9.97 Å². The SMILES string of the molecule is C=C(/C=C(Cl)\C(O)=C/C)c1ccc(-c2nc(-c3ccccc3)c(C)[nH]2)o1.